The van der Waals surface area contributed by atoms with Gasteiger partial charge in [-0.1, -0.05) is 58.0 Å². The average Bonchev–Trinajstić information content (AvgIpc) is 2.24. The Morgan fingerprint density at radius 3 is 1.77 bits per heavy atom. The lowest BCUT2D eigenvalue weighted by molar-refractivity contribution is 0.642. The van der Waals surface area contributed by atoms with Crippen molar-refractivity contribution in [1.29, 1.82) is 0 Å². The molecule has 0 bridgehead atoms. The van der Waals surface area contributed by atoms with Gasteiger partial charge in [0.15, 0.2) is 0 Å². The van der Waals surface area contributed by atoms with Gasteiger partial charge in [0, 0.05) is 0 Å². The highest BCUT2D eigenvalue weighted by Crippen LogP contribution is 2.21. The molecule has 0 atom stereocenters. The molecule has 0 aromatic heterocycles. The topological polar surface area (TPSA) is 0 Å². The van der Waals surface area contributed by atoms with Crippen LogP contribution in [0.15, 0.2) is 30.3 Å². The van der Waals surface area contributed by atoms with Crippen molar-refractivity contribution in [2.75, 3.05) is 0 Å². The average molecular weight is 178 g/mol. The molecular weight excluding hydrogens is 156 g/mol. The van der Waals surface area contributed by atoms with Crippen LogP contribution in [0.5, 0.6) is 0 Å². The standard InChI is InChI=1S/C11H16.C2H6/c1-3-10(4-2)11-8-6-5-7-9-11;1-2/h5-10H,3-4H2,1-2H3;1-2H3. The minimum absolute atomic E-state index is 0.760. The van der Waals surface area contributed by atoms with E-state index in [1.807, 2.05) is 13.8 Å². The summed E-state index contributed by atoms with van der Waals surface area (Å²) in [4.78, 5) is 0. The molecule has 1 aromatic rings. The van der Waals surface area contributed by atoms with Crippen LogP contribution in [0.3, 0.4) is 0 Å². The van der Waals surface area contributed by atoms with Crippen LogP contribution in [0.4, 0.5) is 0 Å². The Balaban J connectivity index is 0.000000671. The molecule has 13 heavy (non-hydrogen) atoms. The first kappa shape index (κ1) is 12.2. The second-order valence-electron chi connectivity index (χ2n) is 2.92. The molecule has 0 aliphatic rings. The smallest absolute Gasteiger partial charge is 0.0167 e. The zero-order chi connectivity index (χ0) is 10.1. The summed E-state index contributed by atoms with van der Waals surface area (Å²) in [6.45, 7) is 8.50. The number of hydrogen-bond donors (Lipinski definition) is 0. The highest BCUT2D eigenvalue weighted by Gasteiger charge is 2.03. The molecule has 0 radical (unpaired) electrons. The fourth-order valence-electron chi connectivity index (χ4n) is 1.49. The first-order valence-electron chi connectivity index (χ1n) is 5.43. The molecular formula is C13H22. The lowest BCUT2D eigenvalue weighted by Crippen LogP contribution is -1.93. The Labute approximate surface area is 83.0 Å². The maximum absolute atomic E-state index is 2.25. The van der Waals surface area contributed by atoms with E-state index in [2.05, 4.69) is 44.2 Å². The van der Waals surface area contributed by atoms with Crippen molar-refractivity contribution in [3.8, 4) is 0 Å². The van der Waals surface area contributed by atoms with Crippen LogP contribution in [0.2, 0.25) is 0 Å². The summed E-state index contributed by atoms with van der Waals surface area (Å²) in [5.74, 6) is 0.760. The van der Waals surface area contributed by atoms with Gasteiger partial charge in [-0.05, 0) is 24.3 Å². The highest BCUT2D eigenvalue weighted by atomic mass is 14.1. The zero-order valence-electron chi connectivity index (χ0n) is 9.38. The van der Waals surface area contributed by atoms with E-state index in [9.17, 15) is 0 Å². The third-order valence-electron chi connectivity index (χ3n) is 2.26. The highest BCUT2D eigenvalue weighted by molar-refractivity contribution is 5.18. The largest absolute Gasteiger partial charge is 0.0683 e. The fourth-order valence-corrected chi connectivity index (χ4v) is 1.49. The second-order valence-corrected chi connectivity index (χ2v) is 2.92. The van der Waals surface area contributed by atoms with E-state index in [0.717, 1.165) is 5.92 Å². The first-order valence-corrected chi connectivity index (χ1v) is 5.43. The van der Waals surface area contributed by atoms with E-state index in [0.29, 0.717) is 0 Å². The van der Waals surface area contributed by atoms with E-state index in [4.69, 9.17) is 0 Å². The van der Waals surface area contributed by atoms with Gasteiger partial charge in [-0.2, -0.15) is 0 Å². The third-order valence-corrected chi connectivity index (χ3v) is 2.26. The summed E-state index contributed by atoms with van der Waals surface area (Å²) >= 11 is 0. The number of hydrogen-bond acceptors (Lipinski definition) is 0. The molecule has 0 aliphatic carbocycles. The van der Waals surface area contributed by atoms with E-state index in [1.54, 1.807) is 0 Å². The van der Waals surface area contributed by atoms with Crippen molar-refractivity contribution in [2.45, 2.75) is 46.5 Å². The Morgan fingerprint density at radius 1 is 0.923 bits per heavy atom. The molecule has 0 spiro atoms. The maximum Gasteiger partial charge on any atom is -0.0167 e. The normalized spacial score (nSPS) is 9.31. The summed E-state index contributed by atoms with van der Waals surface area (Å²) in [7, 11) is 0. The lowest BCUT2D eigenvalue weighted by atomic mass is 9.94. The molecule has 0 fully saturated rings. The Hall–Kier alpha value is -0.780. The van der Waals surface area contributed by atoms with Crippen LogP contribution in [-0.2, 0) is 0 Å². The molecule has 0 heterocycles. The van der Waals surface area contributed by atoms with Crippen LogP contribution in [-0.4, -0.2) is 0 Å². The lowest BCUT2D eigenvalue weighted by Gasteiger charge is -2.11. The molecule has 0 aliphatic heterocycles. The van der Waals surface area contributed by atoms with Gasteiger partial charge in [-0.25, -0.2) is 0 Å². The SMILES string of the molecule is CC.CCC(CC)c1ccccc1. The van der Waals surface area contributed by atoms with Crippen molar-refractivity contribution >= 4 is 0 Å². The molecule has 0 unspecified atom stereocenters. The maximum atomic E-state index is 2.25. The third kappa shape index (κ3) is 4.12. The van der Waals surface area contributed by atoms with E-state index >= 15 is 0 Å². The van der Waals surface area contributed by atoms with Gasteiger partial charge in [0.25, 0.3) is 0 Å². The quantitative estimate of drug-likeness (QED) is 0.633. The minimum atomic E-state index is 0.760. The molecule has 1 rings (SSSR count). The van der Waals surface area contributed by atoms with Crippen LogP contribution >= 0.6 is 0 Å². The summed E-state index contributed by atoms with van der Waals surface area (Å²) < 4.78 is 0. The summed E-state index contributed by atoms with van der Waals surface area (Å²) in [6.07, 6.45) is 2.50. The predicted octanol–water partition coefficient (Wildman–Crippen LogP) is 4.62. The van der Waals surface area contributed by atoms with Gasteiger partial charge < -0.3 is 0 Å². The molecule has 0 nitrogen and oxygen atoms in total. The van der Waals surface area contributed by atoms with Crippen LogP contribution < -0.4 is 0 Å². The molecule has 74 valence electrons. The molecule has 0 N–H and O–H groups in total. The fraction of sp³-hybridized carbons (Fsp3) is 0.538. The first-order chi connectivity index (χ1) is 6.38. The number of rotatable bonds is 3. The van der Waals surface area contributed by atoms with Crippen molar-refractivity contribution < 1.29 is 0 Å². The van der Waals surface area contributed by atoms with E-state index < -0.39 is 0 Å². The Bertz CT molecular complexity index is 184. The van der Waals surface area contributed by atoms with Gasteiger partial charge in [0.1, 0.15) is 0 Å². The van der Waals surface area contributed by atoms with Crippen LogP contribution in [0.25, 0.3) is 0 Å². The Morgan fingerprint density at radius 2 is 1.38 bits per heavy atom. The summed E-state index contributed by atoms with van der Waals surface area (Å²) in [6, 6.07) is 10.8. The molecule has 0 saturated carbocycles. The number of benzene rings is 1. The molecule has 0 amide bonds. The van der Waals surface area contributed by atoms with Gasteiger partial charge >= 0.3 is 0 Å². The second kappa shape index (κ2) is 7.85. The minimum Gasteiger partial charge on any atom is -0.0683 e. The molecule has 0 saturated heterocycles. The van der Waals surface area contributed by atoms with Gasteiger partial charge in [-0.3, -0.25) is 0 Å². The predicted molar refractivity (Wildman–Crippen MR) is 61.1 cm³/mol. The van der Waals surface area contributed by atoms with Crippen molar-refractivity contribution in [2.24, 2.45) is 0 Å². The van der Waals surface area contributed by atoms with Crippen molar-refractivity contribution in [3.05, 3.63) is 35.9 Å². The molecule has 0 heteroatoms. The van der Waals surface area contributed by atoms with E-state index in [1.165, 1.54) is 18.4 Å². The van der Waals surface area contributed by atoms with Crippen molar-refractivity contribution in [1.82, 2.24) is 0 Å². The van der Waals surface area contributed by atoms with Crippen LogP contribution in [0.1, 0.15) is 52.0 Å². The van der Waals surface area contributed by atoms with Gasteiger partial charge in [0.2, 0.25) is 0 Å². The Kier molecular flexibility index (Phi) is 7.38. The summed E-state index contributed by atoms with van der Waals surface area (Å²) in [5.41, 5.74) is 1.48. The van der Waals surface area contributed by atoms with E-state index in [-0.39, 0.29) is 0 Å². The molecule has 1 aromatic carbocycles. The van der Waals surface area contributed by atoms with Gasteiger partial charge in [-0.15, -0.1) is 0 Å². The van der Waals surface area contributed by atoms with Crippen molar-refractivity contribution in [3.63, 3.8) is 0 Å². The summed E-state index contributed by atoms with van der Waals surface area (Å²) in [5, 5.41) is 0. The monoisotopic (exact) mass is 178 g/mol. The van der Waals surface area contributed by atoms with Crippen LogP contribution in [0, 0.1) is 0 Å². The zero-order valence-corrected chi connectivity index (χ0v) is 9.38. The van der Waals surface area contributed by atoms with Gasteiger partial charge in [0.05, 0.1) is 0 Å².